The summed E-state index contributed by atoms with van der Waals surface area (Å²) in [6, 6.07) is 117. The van der Waals surface area contributed by atoms with Gasteiger partial charge in [0.1, 0.15) is 0 Å². The first-order valence-electron chi connectivity index (χ1n) is 33.5. The Morgan fingerprint density at radius 1 is 0.274 bits per heavy atom. The number of hydrogen-bond acceptors (Lipinski definition) is 2. The molecule has 13 aromatic carbocycles. The first kappa shape index (κ1) is 61.2. The molecule has 0 radical (unpaired) electrons. The second-order valence-corrected chi connectivity index (χ2v) is 33.2. The Bertz CT molecular complexity index is 4780. The molecule has 2 heterocycles. The van der Waals surface area contributed by atoms with Gasteiger partial charge >= 0.3 is 0 Å². The molecule has 15 rings (SSSR count). The summed E-state index contributed by atoms with van der Waals surface area (Å²) in [7, 11) is -2.92. The Kier molecular flexibility index (Phi) is 15.5. The maximum atomic E-state index is 7.55. The van der Waals surface area contributed by atoms with Crippen molar-refractivity contribution in [2.45, 2.75) is 78.6 Å². The average molecular weight is 1260 g/mol. The van der Waals surface area contributed by atoms with Gasteiger partial charge in [-0.2, -0.15) is 0 Å². The minimum Gasteiger partial charge on any atom is -0.310 e. The predicted octanol–water partition coefficient (Wildman–Crippen LogP) is 20.0. The summed E-state index contributed by atoms with van der Waals surface area (Å²) in [5.74, 6) is 0. The third-order valence-electron chi connectivity index (χ3n) is 19.9. The number of hydrogen-bond donors (Lipinski definition) is 0. The van der Waals surface area contributed by atoms with E-state index < -0.39 is 8.07 Å². The van der Waals surface area contributed by atoms with Crippen molar-refractivity contribution in [3.8, 4) is 55.6 Å². The van der Waals surface area contributed by atoms with Crippen LogP contribution in [-0.4, -0.2) is 14.8 Å². The largest absolute Gasteiger partial charge is 0.310 e. The second kappa shape index (κ2) is 24.1. The van der Waals surface area contributed by atoms with E-state index in [-0.39, 0.29) is 23.0 Å². The summed E-state index contributed by atoms with van der Waals surface area (Å²) in [5.41, 5.74) is 25.1. The van der Waals surface area contributed by atoms with Crippen LogP contribution in [0.15, 0.2) is 309 Å². The zero-order chi connectivity index (χ0) is 65.4. The van der Waals surface area contributed by atoms with Crippen molar-refractivity contribution in [2.24, 2.45) is 0 Å². The Labute approximate surface area is 569 Å². The molecule has 0 aliphatic carbocycles. The van der Waals surface area contributed by atoms with Crippen LogP contribution in [0.2, 0.25) is 5.02 Å². The first-order valence-corrected chi connectivity index (χ1v) is 35.9. The summed E-state index contributed by atoms with van der Waals surface area (Å²) in [6.07, 6.45) is 0. The maximum Gasteiger partial charge on any atom is 0.252 e. The van der Waals surface area contributed by atoms with Crippen LogP contribution in [0.3, 0.4) is 0 Å². The van der Waals surface area contributed by atoms with Gasteiger partial charge in [-0.1, -0.05) is 329 Å². The van der Waals surface area contributed by atoms with Crippen molar-refractivity contribution in [1.29, 1.82) is 0 Å². The molecule has 5 heteroatoms. The highest BCUT2D eigenvalue weighted by molar-refractivity contribution is 7.20. The third-order valence-corrected chi connectivity index (χ3v) is 24.9. The molecule has 2 aliphatic rings. The zero-order valence-electron chi connectivity index (χ0n) is 55.8. The molecule has 0 atom stereocenters. The van der Waals surface area contributed by atoms with Crippen LogP contribution in [0.4, 0.5) is 34.1 Å². The van der Waals surface area contributed by atoms with Crippen molar-refractivity contribution >= 4 is 97.6 Å². The smallest absolute Gasteiger partial charge is 0.252 e. The summed E-state index contributed by atoms with van der Waals surface area (Å²) in [5, 5.41) is 6.04. The van der Waals surface area contributed by atoms with Gasteiger partial charge in [0.25, 0.3) is 6.71 Å². The van der Waals surface area contributed by atoms with Crippen molar-refractivity contribution in [1.82, 2.24) is 0 Å². The van der Waals surface area contributed by atoms with Gasteiger partial charge in [-0.3, -0.25) is 0 Å². The molecule has 0 unspecified atom stereocenters. The van der Waals surface area contributed by atoms with Crippen LogP contribution in [0.5, 0.6) is 0 Å². The van der Waals surface area contributed by atoms with Gasteiger partial charge in [-0.05, 0) is 158 Å². The predicted molar refractivity (Wildman–Crippen MR) is 412 cm³/mol. The molecule has 13 aromatic rings. The van der Waals surface area contributed by atoms with E-state index in [1.807, 2.05) is 0 Å². The SMILES string of the molecule is CC(C)(C)c1cc(-c2ccccc2)c(N2c3ccc(-c4cccc([Si](c5ccccc5)(c5ccccc5)c5ccccc5)c4)cc3B3c4ccc(Cl)cc4N(c4c(-c5ccccc5)cc(C(C)(C)C)cc4-c4ccccc4)c4cc(C(C)(C)C)cc2c43)c(-c2ccccc2)c1. The Morgan fingerprint density at radius 3 is 1.00 bits per heavy atom. The zero-order valence-corrected chi connectivity index (χ0v) is 57.6. The molecular formula is C90H78BClN2Si. The van der Waals surface area contributed by atoms with E-state index in [2.05, 4.69) is 381 Å². The highest BCUT2D eigenvalue weighted by Gasteiger charge is 2.47. The Hall–Kier alpha value is -9.97. The fraction of sp³-hybridized carbons (Fsp3) is 0.133. The molecule has 0 aromatic heterocycles. The number of anilines is 6. The molecule has 2 nitrogen and oxygen atoms in total. The number of rotatable bonds is 11. The van der Waals surface area contributed by atoms with E-state index in [9.17, 15) is 0 Å². The van der Waals surface area contributed by atoms with Crippen LogP contribution in [-0.2, 0) is 16.2 Å². The van der Waals surface area contributed by atoms with Gasteiger partial charge in [-0.25, -0.2) is 0 Å². The van der Waals surface area contributed by atoms with Gasteiger partial charge in [0.15, 0.2) is 8.07 Å². The highest BCUT2D eigenvalue weighted by atomic mass is 35.5. The lowest BCUT2D eigenvalue weighted by molar-refractivity contribution is 0.590. The standard InChI is InChI=1S/C90H78BClN2Si/c1-88(2,3)67-54-75(61-32-17-10-18-33-61)86(76(55-67)62-34-19-11-20-35-62)93-81-51-48-66(65-40-31-47-74(52-65)95(71-41-25-14-26-42-71,72-43-27-15-28-44-72)73-45-29-16-30-46-73)53-80(81)91-79-50-49-70(92)60-82(79)94(84-59-69(90(7,8)9)58-83(93)85(84)91)87-77(63-36-21-12-22-37-63)56-68(89(4,5)6)57-78(87)64-38-23-13-24-39-64/h10-60H,1-9H3. The van der Waals surface area contributed by atoms with Gasteiger partial charge in [-0.15, -0.1) is 0 Å². The van der Waals surface area contributed by atoms with E-state index >= 15 is 0 Å². The molecule has 0 N–H and O–H groups in total. The molecule has 0 saturated carbocycles. The van der Waals surface area contributed by atoms with E-state index in [0.29, 0.717) is 5.02 Å². The molecule has 462 valence electrons. The fourth-order valence-corrected chi connectivity index (χ4v) is 20.0. The quantitative estimate of drug-likeness (QED) is 0.0941. The molecule has 2 aliphatic heterocycles. The van der Waals surface area contributed by atoms with Crippen LogP contribution in [0.25, 0.3) is 55.6 Å². The van der Waals surface area contributed by atoms with Crippen molar-refractivity contribution in [3.63, 3.8) is 0 Å². The lowest BCUT2D eigenvalue weighted by atomic mass is 9.33. The lowest BCUT2D eigenvalue weighted by Gasteiger charge is -2.46. The minimum atomic E-state index is -2.92. The monoisotopic (exact) mass is 1260 g/mol. The summed E-state index contributed by atoms with van der Waals surface area (Å²) in [6.45, 7) is 20.9. The summed E-state index contributed by atoms with van der Waals surface area (Å²) in [4.78, 5) is 5.31. The number of halogens is 1. The van der Waals surface area contributed by atoms with Crippen molar-refractivity contribution < 1.29 is 0 Å². The van der Waals surface area contributed by atoms with Crippen LogP contribution in [0.1, 0.15) is 79.0 Å². The van der Waals surface area contributed by atoms with Crippen LogP contribution < -0.4 is 46.9 Å². The molecule has 0 saturated heterocycles. The topological polar surface area (TPSA) is 6.48 Å². The lowest BCUT2D eigenvalue weighted by Crippen LogP contribution is -2.74. The van der Waals surface area contributed by atoms with E-state index in [1.165, 1.54) is 70.5 Å². The van der Waals surface area contributed by atoms with E-state index in [1.54, 1.807) is 0 Å². The van der Waals surface area contributed by atoms with Gasteiger partial charge in [0.2, 0.25) is 0 Å². The first-order chi connectivity index (χ1) is 45.9. The molecule has 0 amide bonds. The van der Waals surface area contributed by atoms with Crippen LogP contribution in [0, 0.1) is 0 Å². The van der Waals surface area contributed by atoms with Crippen LogP contribution >= 0.6 is 11.6 Å². The molecule has 95 heavy (non-hydrogen) atoms. The Balaban J connectivity index is 1.09. The van der Waals surface area contributed by atoms with Crippen molar-refractivity contribution in [3.05, 3.63) is 331 Å². The molecular weight excluding hydrogens is 1180 g/mol. The van der Waals surface area contributed by atoms with Crippen molar-refractivity contribution in [2.75, 3.05) is 9.80 Å². The summed E-state index contributed by atoms with van der Waals surface area (Å²) >= 11 is 7.55. The number of fused-ring (bicyclic) bond motifs is 4. The highest BCUT2D eigenvalue weighted by Crippen LogP contribution is 2.55. The van der Waals surface area contributed by atoms with E-state index in [0.717, 1.165) is 73.1 Å². The normalized spacial score (nSPS) is 12.9. The van der Waals surface area contributed by atoms with E-state index in [4.69, 9.17) is 11.6 Å². The number of benzene rings is 13. The minimum absolute atomic E-state index is 0.170. The number of nitrogens with zero attached hydrogens (tertiary/aromatic N) is 2. The third kappa shape index (κ3) is 10.9. The average Bonchev–Trinajstić information content (AvgIpc) is 0.694. The molecule has 0 spiro atoms. The Morgan fingerprint density at radius 2 is 0.611 bits per heavy atom. The van der Waals surface area contributed by atoms with Gasteiger partial charge in [0, 0.05) is 50.0 Å². The van der Waals surface area contributed by atoms with Gasteiger partial charge < -0.3 is 9.80 Å². The summed E-state index contributed by atoms with van der Waals surface area (Å²) < 4.78 is 0. The second-order valence-electron chi connectivity index (χ2n) is 29.0. The van der Waals surface area contributed by atoms with Gasteiger partial charge in [0.05, 0.1) is 11.4 Å². The molecule has 0 fully saturated rings. The fourth-order valence-electron chi connectivity index (χ4n) is 15.0. The molecule has 0 bridgehead atoms. The maximum absolute atomic E-state index is 7.55.